The van der Waals surface area contributed by atoms with Crippen LogP contribution in [0.5, 0.6) is 0 Å². The van der Waals surface area contributed by atoms with Crippen LogP contribution in [-0.2, 0) is 14.3 Å². The maximum absolute atomic E-state index is 11.7. The van der Waals surface area contributed by atoms with Crippen molar-refractivity contribution in [3.8, 4) is 0 Å². The summed E-state index contributed by atoms with van der Waals surface area (Å²) in [7, 11) is 0. The lowest BCUT2D eigenvalue weighted by molar-refractivity contribution is -0.147. The Kier molecular flexibility index (Phi) is 6.01. The molecule has 1 amide bonds. The minimum Gasteiger partial charge on any atom is -0.460 e. The summed E-state index contributed by atoms with van der Waals surface area (Å²) in [6.45, 7) is 0.0206. The molecule has 0 aromatic rings. The highest BCUT2D eigenvalue weighted by molar-refractivity contribution is 7.99. The first-order valence-electron chi connectivity index (χ1n) is 7.28. The van der Waals surface area contributed by atoms with Crippen molar-refractivity contribution >= 4 is 23.6 Å². The highest BCUT2D eigenvalue weighted by atomic mass is 32.2. The molecule has 1 heterocycles. The lowest BCUT2D eigenvalue weighted by Gasteiger charge is -2.20. The minimum absolute atomic E-state index is 0.00959. The SMILES string of the molecule is O=C(CC1CCCCC1)NCC(=O)OC1CCSC1. The number of nitrogens with one attached hydrogen (secondary N) is 1. The number of thioether (sulfide) groups is 1. The molecule has 1 aliphatic heterocycles. The fourth-order valence-electron chi connectivity index (χ4n) is 2.73. The molecule has 0 radical (unpaired) electrons. The van der Waals surface area contributed by atoms with Gasteiger partial charge in [0.25, 0.3) is 0 Å². The Labute approximate surface area is 119 Å². The van der Waals surface area contributed by atoms with Crippen molar-refractivity contribution in [3.05, 3.63) is 0 Å². The second kappa shape index (κ2) is 7.78. The number of carbonyl (C=O) groups excluding carboxylic acids is 2. The average molecular weight is 285 g/mol. The van der Waals surface area contributed by atoms with E-state index in [0.29, 0.717) is 12.3 Å². The van der Waals surface area contributed by atoms with Crippen LogP contribution >= 0.6 is 11.8 Å². The maximum atomic E-state index is 11.7. The van der Waals surface area contributed by atoms with Crippen molar-refractivity contribution in [1.82, 2.24) is 5.32 Å². The van der Waals surface area contributed by atoms with E-state index in [1.807, 2.05) is 11.8 Å². The molecule has 0 aromatic heterocycles. The zero-order valence-electron chi connectivity index (χ0n) is 11.4. The van der Waals surface area contributed by atoms with Gasteiger partial charge in [0, 0.05) is 12.2 Å². The summed E-state index contributed by atoms with van der Waals surface area (Å²) in [6.07, 6.45) is 7.61. The van der Waals surface area contributed by atoms with Gasteiger partial charge < -0.3 is 10.1 Å². The molecule has 5 heteroatoms. The third-order valence-electron chi connectivity index (χ3n) is 3.81. The van der Waals surface area contributed by atoms with Crippen LogP contribution in [0.4, 0.5) is 0 Å². The third-order valence-corrected chi connectivity index (χ3v) is 4.95. The average Bonchev–Trinajstić information content (AvgIpc) is 2.90. The fraction of sp³-hybridized carbons (Fsp3) is 0.857. The number of hydrogen-bond acceptors (Lipinski definition) is 4. The van der Waals surface area contributed by atoms with Gasteiger partial charge in [0.2, 0.25) is 5.91 Å². The molecular weight excluding hydrogens is 262 g/mol. The van der Waals surface area contributed by atoms with Gasteiger partial charge in [-0.2, -0.15) is 11.8 Å². The van der Waals surface area contributed by atoms with E-state index in [4.69, 9.17) is 4.74 Å². The molecule has 1 aliphatic carbocycles. The van der Waals surface area contributed by atoms with Gasteiger partial charge >= 0.3 is 5.97 Å². The molecule has 19 heavy (non-hydrogen) atoms. The van der Waals surface area contributed by atoms with Crippen molar-refractivity contribution in [2.75, 3.05) is 18.1 Å². The molecule has 2 aliphatic rings. The van der Waals surface area contributed by atoms with Gasteiger partial charge in [-0.25, -0.2) is 0 Å². The Balaban J connectivity index is 1.58. The zero-order chi connectivity index (χ0) is 13.5. The highest BCUT2D eigenvalue weighted by Gasteiger charge is 2.21. The lowest BCUT2D eigenvalue weighted by atomic mass is 9.87. The molecule has 4 nitrogen and oxygen atoms in total. The minimum atomic E-state index is -0.301. The standard InChI is InChI=1S/C14H23NO3S/c16-13(8-11-4-2-1-3-5-11)15-9-14(17)18-12-6-7-19-10-12/h11-12H,1-10H2,(H,15,16). The van der Waals surface area contributed by atoms with Crippen LogP contribution in [-0.4, -0.2) is 36.0 Å². The molecule has 2 fully saturated rings. The van der Waals surface area contributed by atoms with Crippen molar-refractivity contribution in [1.29, 1.82) is 0 Å². The van der Waals surface area contributed by atoms with Crippen molar-refractivity contribution in [2.45, 2.75) is 51.0 Å². The summed E-state index contributed by atoms with van der Waals surface area (Å²) in [5.74, 6) is 2.15. The Bertz CT molecular complexity index is 310. The number of carbonyl (C=O) groups is 2. The molecule has 1 N–H and O–H groups in total. The van der Waals surface area contributed by atoms with Gasteiger partial charge in [0.15, 0.2) is 0 Å². The van der Waals surface area contributed by atoms with Gasteiger partial charge in [0.1, 0.15) is 12.6 Å². The van der Waals surface area contributed by atoms with Crippen molar-refractivity contribution < 1.29 is 14.3 Å². The largest absolute Gasteiger partial charge is 0.460 e. The molecule has 1 unspecified atom stereocenters. The van der Waals surface area contributed by atoms with Gasteiger partial charge in [0.05, 0.1) is 0 Å². The predicted octanol–water partition coefficient (Wildman–Crippen LogP) is 2.12. The summed E-state index contributed by atoms with van der Waals surface area (Å²) in [5.41, 5.74) is 0. The normalized spacial score (nSPS) is 24.1. The molecule has 108 valence electrons. The quantitative estimate of drug-likeness (QED) is 0.786. The number of esters is 1. The van der Waals surface area contributed by atoms with Gasteiger partial charge in [-0.1, -0.05) is 19.3 Å². The monoisotopic (exact) mass is 285 g/mol. The topological polar surface area (TPSA) is 55.4 Å². The van der Waals surface area contributed by atoms with Crippen molar-refractivity contribution in [3.63, 3.8) is 0 Å². The second-order valence-electron chi connectivity index (χ2n) is 5.46. The van der Waals surface area contributed by atoms with Gasteiger partial charge in [-0.3, -0.25) is 9.59 Å². The van der Waals surface area contributed by atoms with E-state index < -0.39 is 0 Å². The fourth-order valence-corrected chi connectivity index (χ4v) is 3.82. The molecular formula is C14H23NO3S. The summed E-state index contributed by atoms with van der Waals surface area (Å²) >= 11 is 1.81. The molecule has 1 saturated carbocycles. The molecule has 1 atom stereocenters. The Morgan fingerprint density at radius 2 is 1.95 bits per heavy atom. The van der Waals surface area contributed by atoms with Crippen LogP contribution in [0, 0.1) is 5.92 Å². The van der Waals surface area contributed by atoms with E-state index in [1.54, 1.807) is 0 Å². The van der Waals surface area contributed by atoms with E-state index in [0.717, 1.165) is 30.8 Å². The number of rotatable bonds is 5. The van der Waals surface area contributed by atoms with Crippen molar-refractivity contribution in [2.24, 2.45) is 5.92 Å². The van der Waals surface area contributed by atoms with Gasteiger partial charge in [-0.15, -0.1) is 0 Å². The highest BCUT2D eigenvalue weighted by Crippen LogP contribution is 2.26. The maximum Gasteiger partial charge on any atom is 0.325 e. The van der Waals surface area contributed by atoms with Crippen LogP contribution in [0.1, 0.15) is 44.9 Å². The molecule has 0 bridgehead atoms. The van der Waals surface area contributed by atoms with E-state index >= 15 is 0 Å². The summed E-state index contributed by atoms with van der Waals surface area (Å²) < 4.78 is 5.28. The van der Waals surface area contributed by atoms with Crippen LogP contribution < -0.4 is 5.32 Å². The first-order chi connectivity index (χ1) is 9.24. The van der Waals surface area contributed by atoms with Crippen LogP contribution in [0.25, 0.3) is 0 Å². The molecule has 0 aromatic carbocycles. The third kappa shape index (κ3) is 5.43. The Morgan fingerprint density at radius 1 is 1.16 bits per heavy atom. The summed E-state index contributed by atoms with van der Waals surface area (Å²) in [5, 5.41) is 2.68. The van der Waals surface area contributed by atoms with E-state index in [-0.39, 0.29) is 24.5 Å². The van der Waals surface area contributed by atoms with Gasteiger partial charge in [-0.05, 0) is 30.9 Å². The zero-order valence-corrected chi connectivity index (χ0v) is 12.2. The number of amides is 1. The smallest absolute Gasteiger partial charge is 0.325 e. The summed E-state index contributed by atoms with van der Waals surface area (Å²) in [4.78, 5) is 23.3. The Morgan fingerprint density at radius 3 is 2.63 bits per heavy atom. The molecule has 0 spiro atoms. The first-order valence-corrected chi connectivity index (χ1v) is 8.43. The lowest BCUT2D eigenvalue weighted by Crippen LogP contribution is -2.33. The van der Waals surface area contributed by atoms with E-state index in [9.17, 15) is 9.59 Å². The molecule has 1 saturated heterocycles. The summed E-state index contributed by atoms with van der Waals surface area (Å²) in [6, 6.07) is 0. The Hall–Kier alpha value is -0.710. The van der Waals surface area contributed by atoms with Crippen LogP contribution in [0.15, 0.2) is 0 Å². The first kappa shape index (κ1) is 14.7. The number of hydrogen-bond donors (Lipinski definition) is 1. The van der Waals surface area contributed by atoms with Crippen LogP contribution in [0.3, 0.4) is 0 Å². The molecule has 2 rings (SSSR count). The van der Waals surface area contributed by atoms with E-state index in [2.05, 4.69) is 5.32 Å². The predicted molar refractivity (Wildman–Crippen MR) is 76.0 cm³/mol. The number of ether oxygens (including phenoxy) is 1. The van der Waals surface area contributed by atoms with Crippen LogP contribution in [0.2, 0.25) is 0 Å². The second-order valence-corrected chi connectivity index (χ2v) is 6.61. The van der Waals surface area contributed by atoms with E-state index in [1.165, 1.54) is 19.3 Å².